The van der Waals surface area contributed by atoms with Crippen molar-refractivity contribution in [3.8, 4) is 0 Å². The number of carboxylic acids is 2. The fourth-order valence-corrected chi connectivity index (χ4v) is 1.99. The van der Waals surface area contributed by atoms with Gasteiger partial charge in [0.05, 0.1) is 13.0 Å². The number of amides is 3. The Labute approximate surface area is 159 Å². The third-order valence-electron chi connectivity index (χ3n) is 3.25. The van der Waals surface area contributed by atoms with Gasteiger partial charge in [0.2, 0.25) is 17.7 Å². The molecule has 0 spiro atoms. The summed E-state index contributed by atoms with van der Waals surface area (Å²) in [5, 5.41) is 33.6. The Morgan fingerprint density at radius 3 is 2.07 bits per heavy atom. The molecule has 28 heavy (non-hydrogen) atoms. The van der Waals surface area contributed by atoms with Crippen LogP contribution in [0.15, 0.2) is 0 Å². The van der Waals surface area contributed by atoms with Gasteiger partial charge in [-0.25, -0.2) is 0 Å². The summed E-state index contributed by atoms with van der Waals surface area (Å²) in [4.78, 5) is 57.4. The molecule has 0 rings (SSSR count). The van der Waals surface area contributed by atoms with E-state index in [2.05, 4.69) is 21.3 Å². The van der Waals surface area contributed by atoms with E-state index in [1.807, 2.05) is 0 Å². The molecule has 158 valence electrons. The molecule has 0 heterocycles. The van der Waals surface area contributed by atoms with Gasteiger partial charge in [-0.1, -0.05) is 0 Å². The summed E-state index contributed by atoms with van der Waals surface area (Å²) in [6.45, 7) is -0.946. The molecule has 0 radical (unpaired) electrons. The minimum absolute atomic E-state index is 0.0299. The number of nitrogens with one attached hydrogen (secondary N) is 5. The van der Waals surface area contributed by atoms with Gasteiger partial charge in [-0.2, -0.15) is 0 Å². The van der Waals surface area contributed by atoms with Crippen LogP contribution in [0, 0.1) is 5.41 Å². The van der Waals surface area contributed by atoms with Gasteiger partial charge < -0.3 is 42.9 Å². The van der Waals surface area contributed by atoms with Crippen LogP contribution >= 0.6 is 0 Å². The maximum absolute atomic E-state index is 12.3. The minimum Gasteiger partial charge on any atom is -0.481 e. The Balaban J connectivity index is 5.09. The van der Waals surface area contributed by atoms with Gasteiger partial charge in [-0.3, -0.25) is 29.4 Å². The van der Waals surface area contributed by atoms with Gasteiger partial charge >= 0.3 is 11.9 Å². The highest BCUT2D eigenvalue weighted by molar-refractivity contribution is 5.94. The molecule has 2 atom stereocenters. The standard InChI is InChI=1S/C14H25N7O7/c15-5-9(22)20-8(4-10(23)24)13(28)21-7(2-1-3-18-14(16)17)12(27)19-6-11(25)26/h7-8H,1-6,15H2,(H,19,27)(H,20,22)(H,21,28)(H,23,24)(H,25,26)(H4,16,17,18)/t7-,8-/m0/s1. The highest BCUT2D eigenvalue weighted by Gasteiger charge is 2.28. The quantitative estimate of drug-likeness (QED) is 0.0815. The van der Waals surface area contributed by atoms with Crippen LogP contribution in [0.25, 0.3) is 0 Å². The van der Waals surface area contributed by atoms with Crippen molar-refractivity contribution in [1.82, 2.24) is 21.3 Å². The molecule has 0 saturated carbocycles. The molecular formula is C14H25N7O7. The third-order valence-corrected chi connectivity index (χ3v) is 3.25. The summed E-state index contributed by atoms with van der Waals surface area (Å²) in [5.74, 6) is -5.47. The van der Waals surface area contributed by atoms with Crippen LogP contribution in [0.1, 0.15) is 19.3 Å². The number of guanidine groups is 1. The van der Waals surface area contributed by atoms with Crippen molar-refractivity contribution in [2.75, 3.05) is 19.6 Å². The summed E-state index contributed by atoms with van der Waals surface area (Å²) in [5.41, 5.74) is 10.3. The summed E-state index contributed by atoms with van der Waals surface area (Å²) in [7, 11) is 0. The lowest BCUT2D eigenvalue weighted by molar-refractivity contribution is -0.141. The van der Waals surface area contributed by atoms with Crippen molar-refractivity contribution in [2.24, 2.45) is 11.5 Å². The molecule has 0 fully saturated rings. The van der Waals surface area contributed by atoms with Crippen LogP contribution in [0.2, 0.25) is 0 Å². The number of hydrogen-bond donors (Lipinski definition) is 9. The molecule has 0 unspecified atom stereocenters. The smallest absolute Gasteiger partial charge is 0.322 e. The molecule has 0 aromatic heterocycles. The van der Waals surface area contributed by atoms with E-state index < -0.39 is 61.3 Å². The predicted octanol–water partition coefficient (Wildman–Crippen LogP) is -4.15. The lowest BCUT2D eigenvalue weighted by Gasteiger charge is -2.22. The first-order chi connectivity index (χ1) is 13.1. The van der Waals surface area contributed by atoms with Crippen LogP contribution in [0.5, 0.6) is 0 Å². The fourth-order valence-electron chi connectivity index (χ4n) is 1.99. The lowest BCUT2D eigenvalue weighted by Crippen LogP contribution is -2.55. The first kappa shape index (κ1) is 24.6. The van der Waals surface area contributed by atoms with E-state index in [0.717, 1.165) is 0 Å². The van der Waals surface area contributed by atoms with Crippen molar-refractivity contribution in [3.63, 3.8) is 0 Å². The second-order valence-electron chi connectivity index (χ2n) is 5.58. The second-order valence-corrected chi connectivity index (χ2v) is 5.58. The lowest BCUT2D eigenvalue weighted by atomic mass is 10.1. The average Bonchev–Trinajstić information content (AvgIpc) is 2.60. The molecule has 0 aromatic carbocycles. The SMILES string of the molecule is N=C(N)NCCC[C@H](NC(=O)[C@H](CC(=O)O)NC(=O)CN)C(=O)NCC(=O)O. The fraction of sp³-hybridized carbons (Fsp3) is 0.571. The third kappa shape index (κ3) is 11.2. The summed E-state index contributed by atoms with van der Waals surface area (Å²) in [6.07, 6.45) is -0.446. The number of hydrogen-bond acceptors (Lipinski definition) is 7. The molecule has 14 heteroatoms. The molecule has 11 N–H and O–H groups in total. The number of nitrogens with two attached hydrogens (primary N) is 2. The topological polar surface area (TPSA) is 250 Å². The molecule has 14 nitrogen and oxygen atoms in total. The molecule has 0 saturated heterocycles. The van der Waals surface area contributed by atoms with Crippen LogP contribution in [-0.4, -0.2) is 77.6 Å². The predicted molar refractivity (Wildman–Crippen MR) is 95.0 cm³/mol. The normalized spacial score (nSPS) is 12.2. The molecule has 0 bridgehead atoms. The van der Waals surface area contributed by atoms with Gasteiger partial charge in [0, 0.05) is 6.54 Å². The first-order valence-electron chi connectivity index (χ1n) is 8.15. The Morgan fingerprint density at radius 2 is 1.57 bits per heavy atom. The van der Waals surface area contributed by atoms with Crippen molar-refractivity contribution in [3.05, 3.63) is 0 Å². The van der Waals surface area contributed by atoms with Crippen molar-refractivity contribution < 1.29 is 34.2 Å². The van der Waals surface area contributed by atoms with Crippen molar-refractivity contribution in [2.45, 2.75) is 31.3 Å². The highest BCUT2D eigenvalue weighted by Crippen LogP contribution is 2.01. The van der Waals surface area contributed by atoms with E-state index in [0.29, 0.717) is 0 Å². The van der Waals surface area contributed by atoms with Gasteiger partial charge in [0.15, 0.2) is 5.96 Å². The number of aliphatic carboxylic acids is 2. The Bertz CT molecular complexity index is 611. The zero-order chi connectivity index (χ0) is 21.7. The number of carbonyl (C=O) groups excluding carboxylic acids is 3. The zero-order valence-electron chi connectivity index (χ0n) is 15.0. The number of carbonyl (C=O) groups is 5. The highest BCUT2D eigenvalue weighted by atomic mass is 16.4. The van der Waals surface area contributed by atoms with E-state index in [1.54, 1.807) is 0 Å². The Kier molecular flexibility index (Phi) is 11.3. The van der Waals surface area contributed by atoms with Crippen molar-refractivity contribution >= 4 is 35.6 Å². The zero-order valence-corrected chi connectivity index (χ0v) is 15.0. The summed E-state index contributed by atoms with van der Waals surface area (Å²) >= 11 is 0. The van der Waals surface area contributed by atoms with Crippen LogP contribution < -0.4 is 32.7 Å². The molecule has 0 aliphatic heterocycles. The van der Waals surface area contributed by atoms with E-state index in [-0.39, 0.29) is 25.3 Å². The van der Waals surface area contributed by atoms with Crippen LogP contribution in [-0.2, 0) is 24.0 Å². The molecule has 3 amide bonds. The second kappa shape index (κ2) is 12.9. The van der Waals surface area contributed by atoms with E-state index >= 15 is 0 Å². The maximum Gasteiger partial charge on any atom is 0.322 e. The van der Waals surface area contributed by atoms with Crippen LogP contribution in [0.3, 0.4) is 0 Å². The largest absolute Gasteiger partial charge is 0.481 e. The Morgan fingerprint density at radius 1 is 0.929 bits per heavy atom. The molecule has 0 aromatic rings. The van der Waals surface area contributed by atoms with E-state index in [9.17, 15) is 24.0 Å². The summed E-state index contributed by atoms with van der Waals surface area (Å²) in [6, 6.07) is -2.68. The monoisotopic (exact) mass is 403 g/mol. The number of rotatable bonds is 13. The minimum atomic E-state index is -1.47. The van der Waals surface area contributed by atoms with Crippen LogP contribution in [0.4, 0.5) is 0 Å². The van der Waals surface area contributed by atoms with E-state index in [1.165, 1.54) is 0 Å². The molecule has 0 aliphatic carbocycles. The maximum atomic E-state index is 12.3. The molecular weight excluding hydrogens is 378 g/mol. The van der Waals surface area contributed by atoms with Gasteiger partial charge in [0.1, 0.15) is 18.6 Å². The number of carboxylic acid groups (broad SMARTS) is 2. The average molecular weight is 403 g/mol. The Hall–Kier alpha value is -3.42. The molecule has 0 aliphatic rings. The van der Waals surface area contributed by atoms with E-state index in [4.69, 9.17) is 27.1 Å². The first-order valence-corrected chi connectivity index (χ1v) is 8.15. The van der Waals surface area contributed by atoms with Gasteiger partial charge in [-0.05, 0) is 12.8 Å². The van der Waals surface area contributed by atoms with Gasteiger partial charge in [-0.15, -0.1) is 0 Å². The summed E-state index contributed by atoms with van der Waals surface area (Å²) < 4.78 is 0. The van der Waals surface area contributed by atoms with Gasteiger partial charge in [0.25, 0.3) is 0 Å². The van der Waals surface area contributed by atoms with Crippen molar-refractivity contribution in [1.29, 1.82) is 5.41 Å².